The van der Waals surface area contributed by atoms with Crippen LogP contribution < -0.4 is 5.32 Å². The Morgan fingerprint density at radius 1 is 1.10 bits per heavy atom. The van der Waals surface area contributed by atoms with Crippen molar-refractivity contribution < 1.29 is 5.11 Å². The van der Waals surface area contributed by atoms with Gasteiger partial charge in [-0.3, -0.25) is 4.90 Å². The molecule has 3 heteroatoms. The maximum absolute atomic E-state index is 8.76. The van der Waals surface area contributed by atoms with Crippen molar-refractivity contribution in [3.05, 3.63) is 35.9 Å². The van der Waals surface area contributed by atoms with E-state index in [4.69, 9.17) is 5.11 Å². The SMILES string of the molecule is OCCCCCCNC1CCCN(Cc2ccccc2)C1. The minimum absolute atomic E-state index is 0.338. The fraction of sp³-hybridized carbons (Fsp3) is 0.667. The Kier molecular flexibility index (Phi) is 7.79. The lowest BCUT2D eigenvalue weighted by Crippen LogP contribution is -2.45. The zero-order valence-corrected chi connectivity index (χ0v) is 13.1. The number of unbranched alkanes of at least 4 members (excludes halogenated alkanes) is 3. The Balaban J connectivity index is 1.62. The van der Waals surface area contributed by atoms with Gasteiger partial charge >= 0.3 is 0 Å². The summed E-state index contributed by atoms with van der Waals surface area (Å²) in [6.45, 7) is 4.93. The first-order valence-corrected chi connectivity index (χ1v) is 8.49. The van der Waals surface area contributed by atoms with Crippen LogP contribution in [-0.4, -0.2) is 42.3 Å². The van der Waals surface area contributed by atoms with Crippen LogP contribution in [0.15, 0.2) is 30.3 Å². The average Bonchev–Trinajstić information content (AvgIpc) is 2.52. The fourth-order valence-corrected chi connectivity index (χ4v) is 3.10. The molecular formula is C18H30N2O. The van der Waals surface area contributed by atoms with E-state index in [1.165, 1.54) is 44.3 Å². The zero-order chi connectivity index (χ0) is 14.8. The van der Waals surface area contributed by atoms with E-state index in [0.29, 0.717) is 12.6 Å². The number of hydrogen-bond acceptors (Lipinski definition) is 3. The van der Waals surface area contributed by atoms with E-state index in [-0.39, 0.29) is 0 Å². The molecule has 0 radical (unpaired) electrons. The molecule has 21 heavy (non-hydrogen) atoms. The number of hydrogen-bond donors (Lipinski definition) is 2. The summed E-state index contributed by atoms with van der Waals surface area (Å²) in [5.74, 6) is 0. The lowest BCUT2D eigenvalue weighted by Gasteiger charge is -2.33. The predicted molar refractivity (Wildman–Crippen MR) is 88.3 cm³/mol. The van der Waals surface area contributed by atoms with Gasteiger partial charge in [0.15, 0.2) is 0 Å². The number of likely N-dealkylation sites (tertiary alicyclic amines) is 1. The van der Waals surface area contributed by atoms with Gasteiger partial charge in [-0.2, -0.15) is 0 Å². The predicted octanol–water partition coefficient (Wildman–Crippen LogP) is 2.79. The molecular weight excluding hydrogens is 260 g/mol. The first-order valence-electron chi connectivity index (χ1n) is 8.49. The van der Waals surface area contributed by atoms with Gasteiger partial charge in [0.1, 0.15) is 0 Å². The van der Waals surface area contributed by atoms with Crippen molar-refractivity contribution >= 4 is 0 Å². The van der Waals surface area contributed by atoms with Gasteiger partial charge in [0, 0.05) is 25.7 Å². The van der Waals surface area contributed by atoms with Gasteiger partial charge in [0.2, 0.25) is 0 Å². The van der Waals surface area contributed by atoms with Crippen LogP contribution in [0.2, 0.25) is 0 Å². The molecule has 1 aliphatic heterocycles. The summed E-state index contributed by atoms with van der Waals surface area (Å²) in [5, 5.41) is 12.5. The summed E-state index contributed by atoms with van der Waals surface area (Å²) in [5.41, 5.74) is 1.42. The van der Waals surface area contributed by atoms with Gasteiger partial charge in [0.05, 0.1) is 0 Å². The number of piperidine rings is 1. The molecule has 1 aromatic carbocycles. The smallest absolute Gasteiger partial charge is 0.0431 e. The van der Waals surface area contributed by atoms with Gasteiger partial charge in [-0.05, 0) is 44.3 Å². The maximum atomic E-state index is 8.76. The van der Waals surface area contributed by atoms with Crippen molar-refractivity contribution in [1.82, 2.24) is 10.2 Å². The summed E-state index contributed by atoms with van der Waals surface area (Å²) in [4.78, 5) is 2.57. The second-order valence-corrected chi connectivity index (χ2v) is 6.15. The highest BCUT2D eigenvalue weighted by atomic mass is 16.2. The largest absolute Gasteiger partial charge is 0.396 e. The van der Waals surface area contributed by atoms with E-state index in [2.05, 4.69) is 40.5 Å². The molecule has 1 aromatic rings. The first kappa shape index (κ1) is 16.5. The number of aliphatic hydroxyl groups is 1. The molecule has 2 rings (SSSR count). The second-order valence-electron chi connectivity index (χ2n) is 6.15. The minimum Gasteiger partial charge on any atom is -0.396 e. The van der Waals surface area contributed by atoms with Crippen molar-refractivity contribution in [2.45, 2.75) is 51.1 Å². The molecule has 0 aliphatic carbocycles. The van der Waals surface area contributed by atoms with E-state index in [0.717, 1.165) is 25.9 Å². The number of aliphatic hydroxyl groups excluding tert-OH is 1. The van der Waals surface area contributed by atoms with Crippen molar-refractivity contribution in [3.63, 3.8) is 0 Å². The van der Waals surface area contributed by atoms with Gasteiger partial charge in [0.25, 0.3) is 0 Å². The Labute approximate surface area is 129 Å². The Hall–Kier alpha value is -0.900. The number of rotatable bonds is 9. The zero-order valence-electron chi connectivity index (χ0n) is 13.1. The molecule has 1 saturated heterocycles. The van der Waals surface area contributed by atoms with Gasteiger partial charge < -0.3 is 10.4 Å². The van der Waals surface area contributed by atoms with E-state index < -0.39 is 0 Å². The molecule has 0 aromatic heterocycles. The van der Waals surface area contributed by atoms with Crippen LogP contribution in [-0.2, 0) is 6.54 Å². The summed E-state index contributed by atoms with van der Waals surface area (Å²) >= 11 is 0. The first-order chi connectivity index (χ1) is 10.4. The molecule has 1 heterocycles. The molecule has 1 atom stereocenters. The van der Waals surface area contributed by atoms with Crippen LogP contribution in [0.25, 0.3) is 0 Å². The average molecular weight is 290 g/mol. The summed E-state index contributed by atoms with van der Waals surface area (Å²) in [7, 11) is 0. The maximum Gasteiger partial charge on any atom is 0.0431 e. The molecule has 0 amide bonds. The molecule has 1 fully saturated rings. The lowest BCUT2D eigenvalue weighted by atomic mass is 10.0. The Morgan fingerprint density at radius 3 is 2.71 bits per heavy atom. The number of nitrogens with one attached hydrogen (secondary N) is 1. The molecule has 0 spiro atoms. The topological polar surface area (TPSA) is 35.5 Å². The van der Waals surface area contributed by atoms with Crippen LogP contribution in [0.4, 0.5) is 0 Å². The van der Waals surface area contributed by atoms with Crippen LogP contribution in [0.3, 0.4) is 0 Å². The highest BCUT2D eigenvalue weighted by molar-refractivity contribution is 5.14. The van der Waals surface area contributed by atoms with Crippen LogP contribution in [0.5, 0.6) is 0 Å². The number of nitrogens with zero attached hydrogens (tertiary/aromatic N) is 1. The molecule has 0 saturated carbocycles. The van der Waals surface area contributed by atoms with Gasteiger partial charge in [-0.15, -0.1) is 0 Å². The highest BCUT2D eigenvalue weighted by Crippen LogP contribution is 2.13. The molecule has 2 N–H and O–H groups in total. The third-order valence-corrected chi connectivity index (χ3v) is 4.27. The van der Waals surface area contributed by atoms with Crippen LogP contribution in [0, 0.1) is 0 Å². The van der Waals surface area contributed by atoms with Crippen molar-refractivity contribution in [2.24, 2.45) is 0 Å². The van der Waals surface area contributed by atoms with E-state index in [9.17, 15) is 0 Å². The fourth-order valence-electron chi connectivity index (χ4n) is 3.10. The summed E-state index contributed by atoms with van der Waals surface area (Å²) in [6.07, 6.45) is 7.18. The van der Waals surface area contributed by atoms with Crippen LogP contribution in [0.1, 0.15) is 44.1 Å². The van der Waals surface area contributed by atoms with Gasteiger partial charge in [-0.25, -0.2) is 0 Å². The van der Waals surface area contributed by atoms with E-state index in [1.807, 2.05) is 0 Å². The normalized spacial score (nSPS) is 19.8. The summed E-state index contributed by atoms with van der Waals surface area (Å²) in [6, 6.07) is 11.4. The standard InChI is InChI=1S/C18H30N2O/c21-14-7-2-1-6-12-19-18-11-8-13-20(16-18)15-17-9-4-3-5-10-17/h3-5,9-10,18-19,21H,1-2,6-8,11-16H2. The molecule has 3 nitrogen and oxygen atoms in total. The Morgan fingerprint density at radius 2 is 1.90 bits per heavy atom. The third kappa shape index (κ3) is 6.60. The van der Waals surface area contributed by atoms with Crippen molar-refractivity contribution in [3.8, 4) is 0 Å². The minimum atomic E-state index is 0.338. The third-order valence-electron chi connectivity index (χ3n) is 4.27. The lowest BCUT2D eigenvalue weighted by molar-refractivity contribution is 0.183. The molecule has 1 aliphatic rings. The van der Waals surface area contributed by atoms with Gasteiger partial charge in [-0.1, -0.05) is 43.2 Å². The van der Waals surface area contributed by atoms with Crippen molar-refractivity contribution in [2.75, 3.05) is 26.2 Å². The molecule has 118 valence electrons. The summed E-state index contributed by atoms with van der Waals surface area (Å²) < 4.78 is 0. The molecule has 1 unspecified atom stereocenters. The monoisotopic (exact) mass is 290 g/mol. The number of benzene rings is 1. The highest BCUT2D eigenvalue weighted by Gasteiger charge is 2.19. The Bertz CT molecular complexity index is 369. The molecule has 0 bridgehead atoms. The second kappa shape index (κ2) is 9.93. The van der Waals surface area contributed by atoms with E-state index >= 15 is 0 Å². The van der Waals surface area contributed by atoms with E-state index in [1.54, 1.807) is 0 Å². The van der Waals surface area contributed by atoms with Crippen molar-refractivity contribution in [1.29, 1.82) is 0 Å². The quantitative estimate of drug-likeness (QED) is 0.687. The van der Waals surface area contributed by atoms with Crippen LogP contribution >= 0.6 is 0 Å².